The molecule has 8 heteroatoms. The van der Waals surface area contributed by atoms with Gasteiger partial charge in [0.05, 0.1) is 17.6 Å². The number of piperidine rings is 1. The van der Waals surface area contributed by atoms with Crippen molar-refractivity contribution in [1.29, 1.82) is 0 Å². The number of halogens is 1. The van der Waals surface area contributed by atoms with Crippen molar-refractivity contribution in [3.05, 3.63) is 71.3 Å². The molecular formula is C31H42ClN3O4. The molecule has 2 atom stereocenters. The maximum Gasteiger partial charge on any atom is 0.314 e. The van der Waals surface area contributed by atoms with Crippen molar-refractivity contribution in [2.24, 2.45) is 17.1 Å². The highest BCUT2D eigenvalue weighted by molar-refractivity contribution is 5.92. The molecule has 2 aliphatic rings. The van der Waals surface area contributed by atoms with Gasteiger partial charge in [0.1, 0.15) is 6.04 Å². The molecule has 2 aromatic rings. The molecule has 0 radical (unpaired) electrons. The highest BCUT2D eigenvalue weighted by atomic mass is 35.5. The summed E-state index contributed by atoms with van der Waals surface area (Å²) in [4.78, 5) is 42.1. The van der Waals surface area contributed by atoms with E-state index < -0.39 is 17.0 Å². The Morgan fingerprint density at radius 1 is 1.08 bits per heavy atom. The predicted molar refractivity (Wildman–Crippen MR) is 154 cm³/mol. The Balaban J connectivity index is 0.00000420. The smallest absolute Gasteiger partial charge is 0.314 e. The molecule has 0 spiro atoms. The Bertz CT molecular complexity index is 1130. The van der Waals surface area contributed by atoms with E-state index in [2.05, 4.69) is 17.4 Å². The van der Waals surface area contributed by atoms with Crippen molar-refractivity contribution in [2.75, 3.05) is 19.7 Å². The number of rotatable bonds is 9. The van der Waals surface area contributed by atoms with Crippen LogP contribution in [-0.4, -0.2) is 54.0 Å². The van der Waals surface area contributed by atoms with Crippen LogP contribution in [0.5, 0.6) is 0 Å². The van der Waals surface area contributed by atoms with Crippen molar-refractivity contribution in [1.82, 2.24) is 10.2 Å². The van der Waals surface area contributed by atoms with Crippen LogP contribution in [0.4, 0.5) is 0 Å². The van der Waals surface area contributed by atoms with Gasteiger partial charge >= 0.3 is 5.97 Å². The van der Waals surface area contributed by atoms with Crippen LogP contribution in [0.1, 0.15) is 56.7 Å². The van der Waals surface area contributed by atoms with E-state index in [-0.39, 0.29) is 49.3 Å². The molecule has 3 N–H and O–H groups in total. The zero-order valence-corrected chi connectivity index (χ0v) is 24.1. The summed E-state index contributed by atoms with van der Waals surface area (Å²) in [5, 5.41) is 2.97. The van der Waals surface area contributed by atoms with Crippen LogP contribution in [0.15, 0.2) is 54.6 Å². The summed E-state index contributed by atoms with van der Waals surface area (Å²) in [5.41, 5.74) is 7.79. The highest BCUT2D eigenvalue weighted by Crippen LogP contribution is 2.36. The van der Waals surface area contributed by atoms with Crippen molar-refractivity contribution in [2.45, 2.75) is 70.9 Å². The van der Waals surface area contributed by atoms with Crippen molar-refractivity contribution in [3.63, 3.8) is 0 Å². The lowest BCUT2D eigenvalue weighted by molar-refractivity contribution is -0.161. The summed E-state index contributed by atoms with van der Waals surface area (Å²) in [6, 6.07) is 17.5. The Morgan fingerprint density at radius 2 is 1.69 bits per heavy atom. The Morgan fingerprint density at radius 3 is 2.28 bits per heavy atom. The largest absolute Gasteiger partial charge is 0.466 e. The molecular weight excluding hydrogens is 514 g/mol. The quantitative estimate of drug-likeness (QED) is 0.458. The minimum atomic E-state index is -1.11. The van der Waals surface area contributed by atoms with Gasteiger partial charge in [-0.1, -0.05) is 54.6 Å². The first-order valence-corrected chi connectivity index (χ1v) is 13.8. The van der Waals surface area contributed by atoms with Crippen molar-refractivity contribution in [3.8, 4) is 0 Å². The molecule has 0 aromatic heterocycles. The van der Waals surface area contributed by atoms with Gasteiger partial charge in [-0.15, -0.1) is 12.4 Å². The second-order valence-electron chi connectivity index (χ2n) is 11.6. The molecule has 1 saturated heterocycles. The molecule has 1 heterocycles. The van der Waals surface area contributed by atoms with E-state index in [0.717, 1.165) is 18.4 Å². The first-order chi connectivity index (χ1) is 18.1. The number of amides is 2. The maximum absolute atomic E-state index is 14.1. The fourth-order valence-electron chi connectivity index (χ4n) is 5.91. The van der Waals surface area contributed by atoms with Crippen LogP contribution < -0.4 is 11.1 Å². The number of nitrogens with one attached hydrogen (secondary N) is 1. The van der Waals surface area contributed by atoms with Gasteiger partial charge in [-0.2, -0.15) is 0 Å². The van der Waals surface area contributed by atoms with Gasteiger partial charge in [0.2, 0.25) is 11.8 Å². The van der Waals surface area contributed by atoms with Crippen molar-refractivity contribution >= 4 is 30.2 Å². The minimum Gasteiger partial charge on any atom is -0.466 e. The predicted octanol–water partition coefficient (Wildman–Crippen LogP) is 3.85. The lowest BCUT2D eigenvalue weighted by Gasteiger charge is -2.42. The first-order valence-electron chi connectivity index (χ1n) is 13.8. The highest BCUT2D eigenvalue weighted by Gasteiger charge is 2.46. The van der Waals surface area contributed by atoms with E-state index in [1.807, 2.05) is 42.5 Å². The average Bonchev–Trinajstić information content (AvgIpc) is 3.30. The molecule has 1 aliphatic carbocycles. The average molecular weight is 556 g/mol. The van der Waals surface area contributed by atoms with Gasteiger partial charge in [-0.3, -0.25) is 14.4 Å². The number of ether oxygens (including phenoxy) is 1. The molecule has 1 unspecified atom stereocenters. The number of carbonyl (C=O) groups is 3. The van der Waals surface area contributed by atoms with Crippen LogP contribution in [-0.2, 0) is 38.4 Å². The summed E-state index contributed by atoms with van der Waals surface area (Å²) in [5.74, 6) is -0.535. The zero-order chi connectivity index (χ0) is 27.3. The van der Waals surface area contributed by atoms with Gasteiger partial charge in [0.25, 0.3) is 0 Å². The number of nitrogens with zero attached hydrogens (tertiary/aromatic N) is 1. The molecule has 1 fully saturated rings. The lowest BCUT2D eigenvalue weighted by Crippen LogP contribution is -2.59. The summed E-state index contributed by atoms with van der Waals surface area (Å²) in [6.45, 7) is 6.18. The van der Waals surface area contributed by atoms with Gasteiger partial charge in [0, 0.05) is 13.1 Å². The lowest BCUT2D eigenvalue weighted by atomic mass is 9.74. The third-order valence-corrected chi connectivity index (χ3v) is 7.88. The molecule has 0 bridgehead atoms. The van der Waals surface area contributed by atoms with Gasteiger partial charge in [-0.25, -0.2) is 0 Å². The number of nitrogens with two attached hydrogens (primary N) is 1. The number of likely N-dealkylation sites (tertiary alicyclic amines) is 1. The van der Waals surface area contributed by atoms with Crippen LogP contribution >= 0.6 is 12.4 Å². The monoisotopic (exact) mass is 555 g/mol. The van der Waals surface area contributed by atoms with Crippen molar-refractivity contribution < 1.29 is 19.1 Å². The summed E-state index contributed by atoms with van der Waals surface area (Å²) >= 11 is 0. The number of hydrogen-bond donors (Lipinski definition) is 2. The number of fused-ring (bicyclic) bond motifs is 1. The Labute approximate surface area is 238 Å². The third kappa shape index (κ3) is 7.40. The van der Waals surface area contributed by atoms with Crippen LogP contribution in [0.3, 0.4) is 0 Å². The molecule has 2 aromatic carbocycles. The standard InChI is InChI=1S/C31H41N3O4.ClH/c1-4-38-29(37)31(20-22-11-6-5-7-12-22)15-10-16-34(21-31)27(35)26(33-28(36)30(2,3)32)19-23-17-24-13-8-9-14-25(24)18-23;/h5-9,11-14,23,26H,4,10,15-21,32H2,1-3H3,(H,33,36);1H/t26-,31?;/m1./s1. The van der Waals surface area contributed by atoms with E-state index in [9.17, 15) is 14.4 Å². The topological polar surface area (TPSA) is 102 Å². The van der Waals surface area contributed by atoms with Gasteiger partial charge in [0.15, 0.2) is 0 Å². The molecule has 1 aliphatic heterocycles. The Hall–Kier alpha value is -2.90. The molecule has 0 saturated carbocycles. The first kappa shape index (κ1) is 30.6. The maximum atomic E-state index is 14.1. The van der Waals surface area contributed by atoms with Crippen LogP contribution in [0, 0.1) is 11.3 Å². The Kier molecular flexibility index (Phi) is 10.2. The second kappa shape index (κ2) is 13.0. The SMILES string of the molecule is CCOC(=O)C1(Cc2ccccc2)CCCN(C(=O)[C@@H](CC2Cc3ccccc3C2)NC(=O)C(C)(C)N)C1.Cl. The van der Waals surface area contributed by atoms with Crippen LogP contribution in [0.2, 0.25) is 0 Å². The van der Waals surface area contributed by atoms with Gasteiger partial charge in [-0.05, 0) is 81.9 Å². The number of esters is 1. The molecule has 4 rings (SSSR count). The van der Waals surface area contributed by atoms with E-state index in [0.29, 0.717) is 32.2 Å². The summed E-state index contributed by atoms with van der Waals surface area (Å²) in [6.07, 6.45) is 4.12. The summed E-state index contributed by atoms with van der Waals surface area (Å²) < 4.78 is 5.54. The van der Waals surface area contributed by atoms with E-state index in [1.54, 1.807) is 25.7 Å². The fourth-order valence-corrected chi connectivity index (χ4v) is 5.91. The molecule has 2 amide bonds. The fraction of sp³-hybridized carbons (Fsp3) is 0.516. The molecule has 212 valence electrons. The van der Waals surface area contributed by atoms with E-state index in [1.165, 1.54) is 11.1 Å². The number of benzene rings is 2. The summed E-state index contributed by atoms with van der Waals surface area (Å²) in [7, 11) is 0. The number of hydrogen-bond acceptors (Lipinski definition) is 5. The van der Waals surface area contributed by atoms with E-state index >= 15 is 0 Å². The number of carbonyl (C=O) groups excluding carboxylic acids is 3. The van der Waals surface area contributed by atoms with Gasteiger partial charge < -0.3 is 20.7 Å². The van der Waals surface area contributed by atoms with E-state index in [4.69, 9.17) is 10.5 Å². The second-order valence-corrected chi connectivity index (χ2v) is 11.6. The normalized spacial score (nSPS) is 19.9. The van der Waals surface area contributed by atoms with Crippen LogP contribution in [0.25, 0.3) is 0 Å². The molecule has 7 nitrogen and oxygen atoms in total. The zero-order valence-electron chi connectivity index (χ0n) is 23.3. The third-order valence-electron chi connectivity index (χ3n) is 7.88. The molecule has 39 heavy (non-hydrogen) atoms. The minimum absolute atomic E-state index is 0.